The van der Waals surface area contributed by atoms with Crippen LogP contribution in [-0.4, -0.2) is 29.1 Å². The summed E-state index contributed by atoms with van der Waals surface area (Å²) in [4.78, 5) is 11.2. The number of hydrogen-bond donors (Lipinski definition) is 0. The van der Waals surface area contributed by atoms with Crippen molar-refractivity contribution in [2.75, 3.05) is 5.75 Å². The van der Waals surface area contributed by atoms with Crippen molar-refractivity contribution < 1.29 is 26.0 Å². The second kappa shape index (κ2) is 5.55. The molecule has 0 aliphatic heterocycles. The van der Waals surface area contributed by atoms with Gasteiger partial charge in [-0.3, -0.25) is 4.98 Å². The molecule has 6 nitrogen and oxygen atoms in total. The molecule has 3 heterocycles. The van der Waals surface area contributed by atoms with Gasteiger partial charge >= 0.3 is 6.18 Å². The van der Waals surface area contributed by atoms with Crippen LogP contribution < -0.4 is 0 Å². The number of hydrogen-bond acceptors (Lipinski definition) is 6. The maximum absolute atomic E-state index is 12.7. The Morgan fingerprint density at radius 2 is 2.00 bits per heavy atom. The minimum atomic E-state index is -4.56. The van der Waals surface area contributed by atoms with Gasteiger partial charge in [-0.15, -0.1) is 0 Å². The van der Waals surface area contributed by atoms with E-state index in [1.165, 1.54) is 19.2 Å². The molecule has 0 N–H and O–H groups in total. The van der Waals surface area contributed by atoms with Crippen molar-refractivity contribution in [2.24, 2.45) is 0 Å². The summed E-state index contributed by atoms with van der Waals surface area (Å²) in [5.74, 6) is -0.297. The van der Waals surface area contributed by atoms with Crippen LogP contribution in [-0.2, 0) is 16.0 Å². The summed E-state index contributed by atoms with van der Waals surface area (Å²) in [5.41, 5.74) is -1.07. The summed E-state index contributed by atoms with van der Waals surface area (Å²) < 4.78 is 67.7. The first-order valence-electron chi connectivity index (χ1n) is 6.73. The van der Waals surface area contributed by atoms with Crippen molar-refractivity contribution in [3.8, 4) is 11.5 Å². The lowest BCUT2D eigenvalue weighted by atomic mass is 10.2. The molecule has 0 aliphatic carbocycles. The van der Waals surface area contributed by atoms with Crippen molar-refractivity contribution in [3.63, 3.8) is 0 Å². The molecule has 126 valence electrons. The zero-order chi connectivity index (χ0) is 17.5. The first kappa shape index (κ1) is 16.4. The molecule has 0 bridgehead atoms. The van der Waals surface area contributed by atoms with E-state index in [0.29, 0.717) is 6.20 Å². The monoisotopic (exact) mass is 357 g/mol. The zero-order valence-corrected chi connectivity index (χ0v) is 13.0. The number of alkyl halides is 3. The number of halogens is 3. The fourth-order valence-corrected chi connectivity index (χ4v) is 3.08. The third-order valence-electron chi connectivity index (χ3n) is 3.30. The molecule has 3 aromatic heterocycles. The molecule has 24 heavy (non-hydrogen) atoms. The van der Waals surface area contributed by atoms with Gasteiger partial charge in [0.2, 0.25) is 11.6 Å². The average Bonchev–Trinajstić information content (AvgIpc) is 2.97. The van der Waals surface area contributed by atoms with Crippen LogP contribution in [0.5, 0.6) is 0 Å². The standard InChI is InChI=1S/C14H10F3N3O3S/c1-2-24(21,22)11-7-18-4-3-9(11)12-20-10-5-8(14(15,16)17)6-19-13(10)23-12/h3-7H,2H2,1H3. The van der Waals surface area contributed by atoms with Gasteiger partial charge in [-0.05, 0) is 12.1 Å². The molecular weight excluding hydrogens is 347 g/mol. The lowest BCUT2D eigenvalue weighted by Crippen LogP contribution is -2.06. The zero-order valence-electron chi connectivity index (χ0n) is 12.2. The van der Waals surface area contributed by atoms with Crippen LogP contribution in [0.4, 0.5) is 13.2 Å². The highest BCUT2D eigenvalue weighted by atomic mass is 32.2. The Bertz CT molecular complexity index is 1010. The molecule has 0 saturated heterocycles. The first-order chi connectivity index (χ1) is 11.2. The summed E-state index contributed by atoms with van der Waals surface area (Å²) in [5, 5.41) is 0. The summed E-state index contributed by atoms with van der Waals surface area (Å²) in [6.07, 6.45) is -1.44. The van der Waals surface area contributed by atoms with Crippen LogP contribution in [0.2, 0.25) is 0 Å². The van der Waals surface area contributed by atoms with Crippen molar-refractivity contribution in [1.29, 1.82) is 0 Å². The summed E-state index contributed by atoms with van der Waals surface area (Å²) in [7, 11) is -3.61. The van der Waals surface area contributed by atoms with Crippen LogP contribution in [0.3, 0.4) is 0 Å². The molecule has 0 unspecified atom stereocenters. The fourth-order valence-electron chi connectivity index (χ4n) is 2.05. The Hall–Kier alpha value is -2.49. The highest BCUT2D eigenvalue weighted by molar-refractivity contribution is 7.91. The molecule has 0 aromatic carbocycles. The summed E-state index contributed by atoms with van der Waals surface area (Å²) in [6, 6.07) is 2.17. The fraction of sp³-hybridized carbons (Fsp3) is 0.214. The maximum atomic E-state index is 12.7. The summed E-state index contributed by atoms with van der Waals surface area (Å²) >= 11 is 0. The third-order valence-corrected chi connectivity index (χ3v) is 5.06. The van der Waals surface area contributed by atoms with Crippen molar-refractivity contribution in [3.05, 3.63) is 36.3 Å². The second-order valence-electron chi connectivity index (χ2n) is 4.84. The predicted molar refractivity (Wildman–Crippen MR) is 77.8 cm³/mol. The summed E-state index contributed by atoms with van der Waals surface area (Å²) in [6.45, 7) is 1.47. The van der Waals surface area contributed by atoms with Gasteiger partial charge in [0.1, 0.15) is 5.52 Å². The Labute approximate surface area is 134 Å². The molecular formula is C14H10F3N3O3S. The topological polar surface area (TPSA) is 86.0 Å². The average molecular weight is 357 g/mol. The molecule has 0 radical (unpaired) electrons. The molecule has 10 heteroatoms. The molecule has 0 amide bonds. The van der Waals surface area contributed by atoms with Gasteiger partial charge in [0.05, 0.1) is 21.8 Å². The van der Waals surface area contributed by atoms with E-state index < -0.39 is 21.6 Å². The Balaban J connectivity index is 2.18. The van der Waals surface area contributed by atoms with Crippen molar-refractivity contribution in [1.82, 2.24) is 15.0 Å². The second-order valence-corrected chi connectivity index (χ2v) is 7.09. The third kappa shape index (κ3) is 2.84. The van der Waals surface area contributed by atoms with E-state index >= 15 is 0 Å². The van der Waals surface area contributed by atoms with Gasteiger partial charge < -0.3 is 4.42 Å². The van der Waals surface area contributed by atoms with E-state index in [4.69, 9.17) is 4.42 Å². The number of sulfone groups is 1. The first-order valence-corrected chi connectivity index (χ1v) is 8.38. The maximum Gasteiger partial charge on any atom is 0.417 e. The number of rotatable bonds is 3. The van der Waals surface area contributed by atoms with Gasteiger partial charge in [-0.25, -0.2) is 18.4 Å². The van der Waals surface area contributed by atoms with Gasteiger partial charge in [-0.1, -0.05) is 6.92 Å². The van der Waals surface area contributed by atoms with Gasteiger partial charge in [-0.2, -0.15) is 13.2 Å². The van der Waals surface area contributed by atoms with Crippen LogP contribution >= 0.6 is 0 Å². The van der Waals surface area contributed by atoms with Crippen LogP contribution in [0, 0.1) is 0 Å². The van der Waals surface area contributed by atoms with Gasteiger partial charge in [0.25, 0.3) is 0 Å². The molecule has 3 aromatic rings. The number of aromatic nitrogens is 3. The van der Waals surface area contributed by atoms with E-state index in [2.05, 4.69) is 15.0 Å². The number of pyridine rings is 2. The van der Waals surface area contributed by atoms with Gasteiger partial charge in [0.15, 0.2) is 9.84 Å². The minimum Gasteiger partial charge on any atom is -0.418 e. The lowest BCUT2D eigenvalue weighted by molar-refractivity contribution is -0.137. The number of nitrogens with zero attached hydrogens (tertiary/aromatic N) is 3. The Kier molecular flexibility index (Phi) is 3.78. The molecule has 3 rings (SSSR count). The van der Waals surface area contributed by atoms with E-state index in [1.807, 2.05) is 0 Å². The quantitative estimate of drug-likeness (QED) is 0.716. The minimum absolute atomic E-state index is 0.102. The van der Waals surface area contributed by atoms with E-state index in [9.17, 15) is 21.6 Å². The smallest absolute Gasteiger partial charge is 0.417 e. The number of oxazole rings is 1. The Morgan fingerprint density at radius 3 is 2.67 bits per heavy atom. The predicted octanol–water partition coefficient (Wildman–Crippen LogP) is 3.10. The van der Waals surface area contributed by atoms with E-state index in [0.717, 1.165) is 12.3 Å². The van der Waals surface area contributed by atoms with E-state index in [1.54, 1.807) is 0 Å². The van der Waals surface area contributed by atoms with Gasteiger partial charge in [0, 0.05) is 18.6 Å². The number of fused-ring (bicyclic) bond motifs is 1. The molecule has 0 aliphatic rings. The molecule has 0 saturated carbocycles. The highest BCUT2D eigenvalue weighted by Gasteiger charge is 2.32. The van der Waals surface area contributed by atoms with Crippen LogP contribution in [0.1, 0.15) is 12.5 Å². The normalized spacial score (nSPS) is 12.7. The van der Waals surface area contributed by atoms with Crippen LogP contribution in [0.15, 0.2) is 40.0 Å². The Morgan fingerprint density at radius 1 is 1.25 bits per heavy atom. The molecule has 0 atom stereocenters. The van der Waals surface area contributed by atoms with Crippen molar-refractivity contribution >= 4 is 21.1 Å². The largest absolute Gasteiger partial charge is 0.418 e. The lowest BCUT2D eigenvalue weighted by Gasteiger charge is -2.04. The highest BCUT2D eigenvalue weighted by Crippen LogP contribution is 2.33. The van der Waals surface area contributed by atoms with E-state index in [-0.39, 0.29) is 33.3 Å². The molecule has 0 spiro atoms. The SMILES string of the molecule is CCS(=O)(=O)c1cnccc1-c1nc2cc(C(F)(F)F)cnc2o1. The van der Waals surface area contributed by atoms with Crippen molar-refractivity contribution in [2.45, 2.75) is 18.0 Å². The van der Waals surface area contributed by atoms with Crippen LogP contribution in [0.25, 0.3) is 22.7 Å². The molecule has 0 fully saturated rings.